The van der Waals surface area contributed by atoms with Crippen molar-refractivity contribution in [2.45, 2.75) is 6.92 Å². The maximum atomic E-state index is 12.9. The number of carbonyl (C=O) groups is 1. The summed E-state index contributed by atoms with van der Waals surface area (Å²) in [6.07, 6.45) is 1.47. The van der Waals surface area contributed by atoms with Crippen LogP contribution in [0, 0.1) is 12.7 Å². The Hall–Kier alpha value is -1.95. The fourth-order valence-corrected chi connectivity index (χ4v) is 1.97. The lowest BCUT2D eigenvalue weighted by Gasteiger charge is -2.04. The summed E-state index contributed by atoms with van der Waals surface area (Å²) in [6, 6.07) is 4.00. The molecule has 0 radical (unpaired) electrons. The van der Waals surface area contributed by atoms with E-state index in [1.54, 1.807) is 6.92 Å². The molecule has 0 spiro atoms. The predicted molar refractivity (Wildman–Crippen MR) is 65.6 cm³/mol. The highest BCUT2D eigenvalue weighted by Gasteiger charge is 2.11. The summed E-state index contributed by atoms with van der Waals surface area (Å²) in [7, 11) is 0. The molecule has 2 rings (SSSR count). The van der Waals surface area contributed by atoms with Gasteiger partial charge in [-0.05, 0) is 30.7 Å². The minimum absolute atomic E-state index is 0.322. The number of nitrogens with zero attached hydrogens (tertiary/aromatic N) is 1. The molecule has 88 valence electrons. The number of thiazole rings is 1. The van der Waals surface area contributed by atoms with Crippen LogP contribution in [0.3, 0.4) is 0 Å². The third-order valence-corrected chi connectivity index (χ3v) is 2.92. The van der Waals surface area contributed by atoms with Gasteiger partial charge >= 0.3 is 0 Å². The van der Waals surface area contributed by atoms with E-state index >= 15 is 0 Å². The second-order valence-electron chi connectivity index (χ2n) is 3.48. The summed E-state index contributed by atoms with van der Waals surface area (Å²) < 4.78 is 12.9. The van der Waals surface area contributed by atoms with E-state index < -0.39 is 0 Å². The molecule has 0 aliphatic heterocycles. The normalized spacial score (nSPS) is 10.2. The second kappa shape index (κ2) is 4.50. The van der Waals surface area contributed by atoms with Crippen molar-refractivity contribution in [3.05, 3.63) is 41.3 Å². The first-order valence-corrected chi connectivity index (χ1v) is 5.67. The van der Waals surface area contributed by atoms with Gasteiger partial charge in [0.1, 0.15) is 10.8 Å². The molecule has 2 aromatic rings. The topological polar surface area (TPSA) is 68.0 Å². The first-order chi connectivity index (χ1) is 8.06. The fraction of sp³-hybridized carbons (Fsp3) is 0.0909. The van der Waals surface area contributed by atoms with E-state index in [1.165, 1.54) is 35.7 Å². The molecule has 1 amide bonds. The molecule has 0 saturated carbocycles. The Labute approximate surface area is 101 Å². The lowest BCUT2D eigenvalue weighted by molar-refractivity contribution is 0.102. The van der Waals surface area contributed by atoms with E-state index in [9.17, 15) is 9.18 Å². The van der Waals surface area contributed by atoms with Gasteiger partial charge in [-0.15, -0.1) is 0 Å². The minimum Gasteiger partial charge on any atom is -0.389 e. The van der Waals surface area contributed by atoms with Crippen LogP contribution in [0.1, 0.15) is 15.9 Å². The molecule has 0 bridgehead atoms. The van der Waals surface area contributed by atoms with Crippen LogP contribution in [0.5, 0.6) is 0 Å². The summed E-state index contributed by atoms with van der Waals surface area (Å²) >= 11 is 1.18. The first kappa shape index (κ1) is 11.5. The third kappa shape index (κ3) is 2.59. The highest BCUT2D eigenvalue weighted by Crippen LogP contribution is 2.21. The maximum Gasteiger partial charge on any atom is 0.257 e. The summed E-state index contributed by atoms with van der Waals surface area (Å²) in [6.45, 7) is 1.67. The number of nitrogens with one attached hydrogen (secondary N) is 1. The van der Waals surface area contributed by atoms with Crippen LogP contribution in [-0.2, 0) is 0 Å². The summed E-state index contributed by atoms with van der Waals surface area (Å²) in [5.41, 5.74) is 6.49. The highest BCUT2D eigenvalue weighted by atomic mass is 32.1. The van der Waals surface area contributed by atoms with Crippen LogP contribution in [0.2, 0.25) is 0 Å². The van der Waals surface area contributed by atoms with Crippen LogP contribution in [-0.4, -0.2) is 10.9 Å². The molecule has 1 aromatic heterocycles. The van der Waals surface area contributed by atoms with Gasteiger partial charge in [-0.25, -0.2) is 9.37 Å². The van der Waals surface area contributed by atoms with Crippen LogP contribution >= 0.6 is 11.3 Å². The smallest absolute Gasteiger partial charge is 0.257 e. The number of anilines is 2. The van der Waals surface area contributed by atoms with Crippen molar-refractivity contribution < 1.29 is 9.18 Å². The molecular weight excluding hydrogens is 241 g/mol. The molecule has 0 aliphatic rings. The van der Waals surface area contributed by atoms with Crippen molar-refractivity contribution in [3.8, 4) is 0 Å². The number of benzene rings is 1. The monoisotopic (exact) mass is 251 g/mol. The van der Waals surface area contributed by atoms with Crippen LogP contribution < -0.4 is 11.1 Å². The van der Waals surface area contributed by atoms with Gasteiger partial charge in [0.15, 0.2) is 5.13 Å². The van der Waals surface area contributed by atoms with E-state index in [0.717, 1.165) is 0 Å². The zero-order valence-corrected chi connectivity index (χ0v) is 9.84. The van der Waals surface area contributed by atoms with Gasteiger partial charge in [0.2, 0.25) is 0 Å². The third-order valence-electron chi connectivity index (χ3n) is 2.18. The minimum atomic E-state index is -0.363. The molecule has 4 nitrogen and oxygen atoms in total. The Bertz CT molecular complexity index is 568. The van der Waals surface area contributed by atoms with Crippen LogP contribution in [0.15, 0.2) is 24.4 Å². The number of carbonyl (C=O) groups excluding carboxylic acids is 1. The lowest BCUT2D eigenvalue weighted by atomic mass is 10.1. The van der Waals surface area contributed by atoms with E-state index in [2.05, 4.69) is 10.3 Å². The average Bonchev–Trinajstić information content (AvgIpc) is 2.63. The molecule has 0 saturated heterocycles. The van der Waals surface area contributed by atoms with Crippen molar-refractivity contribution in [2.75, 3.05) is 11.1 Å². The number of nitrogens with two attached hydrogens (primary N) is 1. The lowest BCUT2D eigenvalue weighted by Crippen LogP contribution is -2.13. The molecule has 6 heteroatoms. The number of rotatable bonds is 2. The number of nitrogen functional groups attached to an aromatic ring is 1. The quantitative estimate of drug-likeness (QED) is 0.861. The van der Waals surface area contributed by atoms with Crippen molar-refractivity contribution in [1.82, 2.24) is 4.98 Å². The molecule has 0 fully saturated rings. The van der Waals surface area contributed by atoms with E-state index in [-0.39, 0.29) is 11.7 Å². The standard InChI is InChI=1S/C11H10FN3OS/c1-6-4-7(12)2-3-8(6)10(16)15-11-14-5-9(13)17-11/h2-5H,13H2,1H3,(H,14,15,16). The van der Waals surface area contributed by atoms with Gasteiger partial charge in [-0.3, -0.25) is 10.1 Å². The number of aryl methyl sites for hydroxylation is 1. The maximum absolute atomic E-state index is 12.9. The highest BCUT2D eigenvalue weighted by molar-refractivity contribution is 7.19. The molecule has 1 heterocycles. The van der Waals surface area contributed by atoms with Crippen LogP contribution in [0.4, 0.5) is 14.5 Å². The Morgan fingerprint density at radius 1 is 1.53 bits per heavy atom. The van der Waals surface area contributed by atoms with Crippen LogP contribution in [0.25, 0.3) is 0 Å². The molecule has 0 atom stereocenters. The predicted octanol–water partition coefficient (Wildman–Crippen LogP) is 2.43. The van der Waals surface area contributed by atoms with Crippen molar-refractivity contribution in [1.29, 1.82) is 0 Å². The van der Waals surface area contributed by atoms with Gasteiger partial charge in [0.25, 0.3) is 5.91 Å². The number of aromatic nitrogens is 1. The fourth-order valence-electron chi connectivity index (χ4n) is 1.39. The zero-order chi connectivity index (χ0) is 12.4. The van der Waals surface area contributed by atoms with E-state index in [4.69, 9.17) is 5.73 Å². The molecule has 1 aromatic carbocycles. The Morgan fingerprint density at radius 2 is 2.29 bits per heavy atom. The molecule has 0 aliphatic carbocycles. The Balaban J connectivity index is 2.20. The second-order valence-corrected chi connectivity index (χ2v) is 4.54. The van der Waals surface area contributed by atoms with Gasteiger partial charge in [-0.2, -0.15) is 0 Å². The van der Waals surface area contributed by atoms with E-state index in [1.807, 2.05) is 0 Å². The Kier molecular flexibility index (Phi) is 3.06. The van der Waals surface area contributed by atoms with Crippen molar-refractivity contribution >= 4 is 27.4 Å². The summed E-state index contributed by atoms with van der Waals surface area (Å²) in [5.74, 6) is -0.686. The van der Waals surface area contributed by atoms with Crippen molar-refractivity contribution in [2.24, 2.45) is 0 Å². The number of hydrogen-bond acceptors (Lipinski definition) is 4. The number of amides is 1. The first-order valence-electron chi connectivity index (χ1n) is 4.85. The molecular formula is C11H10FN3OS. The number of halogens is 1. The Morgan fingerprint density at radius 3 is 2.88 bits per heavy atom. The zero-order valence-electron chi connectivity index (χ0n) is 9.03. The van der Waals surface area contributed by atoms with Gasteiger partial charge in [-0.1, -0.05) is 11.3 Å². The molecule has 3 N–H and O–H groups in total. The van der Waals surface area contributed by atoms with Gasteiger partial charge in [0, 0.05) is 5.56 Å². The van der Waals surface area contributed by atoms with Gasteiger partial charge < -0.3 is 5.73 Å². The summed E-state index contributed by atoms with van der Waals surface area (Å²) in [5, 5.41) is 3.56. The largest absolute Gasteiger partial charge is 0.389 e. The molecule has 0 unspecified atom stereocenters. The van der Waals surface area contributed by atoms with Gasteiger partial charge in [0.05, 0.1) is 6.20 Å². The number of hydrogen-bond donors (Lipinski definition) is 2. The molecule has 17 heavy (non-hydrogen) atoms. The SMILES string of the molecule is Cc1cc(F)ccc1C(=O)Nc1ncc(N)s1. The van der Waals surface area contributed by atoms with Crippen molar-refractivity contribution in [3.63, 3.8) is 0 Å². The average molecular weight is 251 g/mol. The van der Waals surface area contributed by atoms with E-state index in [0.29, 0.717) is 21.3 Å². The summed E-state index contributed by atoms with van der Waals surface area (Å²) in [4.78, 5) is 15.8.